The highest BCUT2D eigenvalue weighted by Gasteiger charge is 2.32. The van der Waals surface area contributed by atoms with Gasteiger partial charge in [0.05, 0.1) is 23.1 Å². The molecule has 3 atom stereocenters. The van der Waals surface area contributed by atoms with Crippen molar-refractivity contribution >= 4 is 15.9 Å². The third-order valence-electron chi connectivity index (χ3n) is 4.93. The van der Waals surface area contributed by atoms with Crippen LogP contribution in [-0.4, -0.2) is 43.9 Å². The quantitative estimate of drug-likeness (QED) is 0.778. The highest BCUT2D eigenvalue weighted by Crippen LogP contribution is 2.22. The first-order valence-corrected chi connectivity index (χ1v) is 11.0. The molecule has 1 fully saturated rings. The number of rotatable bonds is 5. The lowest BCUT2D eigenvalue weighted by atomic mass is 10.1. The van der Waals surface area contributed by atoms with Crippen molar-refractivity contribution in [3.8, 4) is 0 Å². The molecule has 0 aromatic heterocycles. The van der Waals surface area contributed by atoms with Gasteiger partial charge in [0.2, 0.25) is 10.0 Å². The first kappa shape index (κ1) is 22.3. The summed E-state index contributed by atoms with van der Waals surface area (Å²) in [5.74, 6) is -2.40. The zero-order chi connectivity index (χ0) is 22.1. The largest absolute Gasteiger partial charge is 0.373 e. The highest BCUT2D eigenvalue weighted by atomic mass is 32.2. The fourth-order valence-electron chi connectivity index (χ4n) is 3.40. The minimum absolute atomic E-state index is 0.0917. The average Bonchev–Trinajstić information content (AvgIpc) is 2.69. The topological polar surface area (TPSA) is 75.7 Å². The van der Waals surface area contributed by atoms with E-state index in [2.05, 4.69) is 5.32 Å². The van der Waals surface area contributed by atoms with E-state index in [-0.39, 0.29) is 35.8 Å². The Kier molecular flexibility index (Phi) is 6.54. The van der Waals surface area contributed by atoms with E-state index >= 15 is 0 Å². The summed E-state index contributed by atoms with van der Waals surface area (Å²) >= 11 is 0. The van der Waals surface area contributed by atoms with Gasteiger partial charge >= 0.3 is 0 Å². The van der Waals surface area contributed by atoms with Crippen LogP contribution in [0.1, 0.15) is 42.7 Å². The highest BCUT2D eigenvalue weighted by molar-refractivity contribution is 7.89. The fourth-order valence-corrected chi connectivity index (χ4v) is 4.99. The van der Waals surface area contributed by atoms with Gasteiger partial charge in [0, 0.05) is 18.7 Å². The van der Waals surface area contributed by atoms with Crippen LogP contribution in [0.3, 0.4) is 0 Å². The number of carbonyl (C=O) groups excluding carboxylic acids is 1. The molecule has 0 aliphatic carbocycles. The second-order valence-electron chi connectivity index (χ2n) is 7.47. The first-order valence-electron chi connectivity index (χ1n) is 9.59. The molecule has 162 valence electrons. The van der Waals surface area contributed by atoms with Gasteiger partial charge < -0.3 is 10.1 Å². The fraction of sp³-hybridized carbons (Fsp3) is 0.381. The van der Waals surface area contributed by atoms with Gasteiger partial charge in [0.25, 0.3) is 5.91 Å². The Labute approximate surface area is 174 Å². The van der Waals surface area contributed by atoms with E-state index in [0.717, 1.165) is 12.1 Å². The summed E-state index contributed by atoms with van der Waals surface area (Å²) in [4.78, 5) is 12.6. The molecular formula is C21H24F2N2O4S. The minimum atomic E-state index is -3.70. The van der Waals surface area contributed by atoms with Crippen LogP contribution in [0.15, 0.2) is 47.4 Å². The molecular weight excluding hydrogens is 414 g/mol. The van der Waals surface area contributed by atoms with E-state index in [9.17, 15) is 22.0 Å². The molecule has 1 amide bonds. The monoisotopic (exact) mass is 438 g/mol. The zero-order valence-electron chi connectivity index (χ0n) is 16.9. The predicted octanol–water partition coefficient (Wildman–Crippen LogP) is 3.25. The van der Waals surface area contributed by atoms with Crippen molar-refractivity contribution in [2.75, 3.05) is 13.1 Å². The number of morpholine rings is 1. The number of ether oxygens (including phenoxy) is 1. The summed E-state index contributed by atoms with van der Waals surface area (Å²) < 4.78 is 59.2. The molecule has 1 saturated heterocycles. The number of nitrogens with zero attached hydrogens (tertiary/aromatic N) is 1. The standard InChI is InChI=1S/C21H24F2N2O4S/c1-13-11-25(12-14(2)29-13)30(27,28)18-7-4-16(5-8-18)21(26)24-15(3)17-6-9-19(22)20(23)10-17/h4-10,13-15H,11-12H2,1-3H3,(H,24,26). The van der Waals surface area contributed by atoms with Gasteiger partial charge in [-0.25, -0.2) is 17.2 Å². The van der Waals surface area contributed by atoms with E-state index in [1.807, 2.05) is 13.8 Å². The van der Waals surface area contributed by atoms with Gasteiger partial charge in [-0.3, -0.25) is 4.79 Å². The van der Waals surface area contributed by atoms with Gasteiger partial charge in [0.15, 0.2) is 11.6 Å². The molecule has 0 saturated carbocycles. The smallest absolute Gasteiger partial charge is 0.251 e. The van der Waals surface area contributed by atoms with E-state index in [1.54, 1.807) is 6.92 Å². The molecule has 0 radical (unpaired) electrons. The third-order valence-corrected chi connectivity index (χ3v) is 6.78. The van der Waals surface area contributed by atoms with Crippen molar-refractivity contribution in [3.05, 3.63) is 65.2 Å². The molecule has 3 unspecified atom stereocenters. The maximum Gasteiger partial charge on any atom is 0.251 e. The number of benzene rings is 2. The molecule has 9 heteroatoms. The SMILES string of the molecule is CC1CN(S(=O)(=O)c2ccc(C(=O)NC(C)c3ccc(F)c(F)c3)cc2)CC(C)O1. The van der Waals surface area contributed by atoms with Crippen molar-refractivity contribution in [1.82, 2.24) is 9.62 Å². The van der Waals surface area contributed by atoms with Crippen molar-refractivity contribution in [1.29, 1.82) is 0 Å². The Morgan fingerprint density at radius 1 is 1.07 bits per heavy atom. The summed E-state index contributed by atoms with van der Waals surface area (Å²) in [6.45, 7) is 5.81. The van der Waals surface area contributed by atoms with Crippen LogP contribution in [0.5, 0.6) is 0 Å². The van der Waals surface area contributed by atoms with Crippen LogP contribution < -0.4 is 5.32 Å². The molecule has 30 heavy (non-hydrogen) atoms. The Hall–Kier alpha value is -2.36. The summed E-state index contributed by atoms with van der Waals surface area (Å²) in [6, 6.07) is 8.48. The van der Waals surface area contributed by atoms with E-state index in [1.165, 1.54) is 34.6 Å². The number of nitrogens with one attached hydrogen (secondary N) is 1. The average molecular weight is 438 g/mol. The first-order chi connectivity index (χ1) is 14.1. The van der Waals surface area contributed by atoms with Crippen LogP contribution in [-0.2, 0) is 14.8 Å². The maximum atomic E-state index is 13.4. The molecule has 1 N–H and O–H groups in total. The molecule has 1 aliphatic rings. The molecule has 2 aromatic carbocycles. The summed E-state index contributed by atoms with van der Waals surface area (Å²) in [6.07, 6.45) is -0.405. The minimum Gasteiger partial charge on any atom is -0.373 e. The van der Waals surface area contributed by atoms with Gasteiger partial charge in [-0.1, -0.05) is 6.07 Å². The second kappa shape index (κ2) is 8.79. The van der Waals surface area contributed by atoms with Crippen LogP contribution >= 0.6 is 0 Å². The lowest BCUT2D eigenvalue weighted by Gasteiger charge is -2.34. The Morgan fingerprint density at radius 3 is 2.23 bits per heavy atom. The number of hydrogen-bond donors (Lipinski definition) is 1. The summed E-state index contributed by atoms with van der Waals surface area (Å²) in [7, 11) is -3.70. The lowest BCUT2D eigenvalue weighted by Crippen LogP contribution is -2.48. The number of amides is 1. The number of carbonyl (C=O) groups is 1. The zero-order valence-corrected chi connectivity index (χ0v) is 17.7. The molecule has 3 rings (SSSR count). The Morgan fingerprint density at radius 2 is 1.67 bits per heavy atom. The number of halogens is 2. The van der Waals surface area contributed by atoms with Crippen LogP contribution in [0.25, 0.3) is 0 Å². The van der Waals surface area contributed by atoms with Crippen LogP contribution in [0.4, 0.5) is 8.78 Å². The van der Waals surface area contributed by atoms with E-state index in [0.29, 0.717) is 5.56 Å². The van der Waals surface area contributed by atoms with Crippen molar-refractivity contribution in [3.63, 3.8) is 0 Å². The van der Waals surface area contributed by atoms with Gasteiger partial charge in [-0.2, -0.15) is 4.31 Å². The van der Waals surface area contributed by atoms with Gasteiger partial charge in [-0.05, 0) is 62.7 Å². The predicted molar refractivity (Wildman–Crippen MR) is 107 cm³/mol. The normalized spacial score (nSPS) is 21.2. The number of hydrogen-bond acceptors (Lipinski definition) is 4. The third kappa shape index (κ3) is 4.85. The summed E-state index contributed by atoms with van der Waals surface area (Å²) in [5, 5.41) is 2.69. The summed E-state index contributed by atoms with van der Waals surface area (Å²) in [5.41, 5.74) is 0.670. The Bertz CT molecular complexity index is 1020. The van der Waals surface area contributed by atoms with Crippen molar-refractivity contribution in [2.24, 2.45) is 0 Å². The molecule has 0 bridgehead atoms. The Balaban J connectivity index is 1.71. The van der Waals surface area contributed by atoms with Crippen molar-refractivity contribution in [2.45, 2.75) is 43.9 Å². The van der Waals surface area contributed by atoms with Crippen LogP contribution in [0, 0.1) is 11.6 Å². The lowest BCUT2D eigenvalue weighted by molar-refractivity contribution is -0.0440. The van der Waals surface area contributed by atoms with Crippen LogP contribution in [0.2, 0.25) is 0 Å². The molecule has 1 heterocycles. The molecule has 1 aliphatic heterocycles. The van der Waals surface area contributed by atoms with E-state index in [4.69, 9.17) is 4.74 Å². The maximum absolute atomic E-state index is 13.4. The van der Waals surface area contributed by atoms with Gasteiger partial charge in [0.1, 0.15) is 0 Å². The van der Waals surface area contributed by atoms with Gasteiger partial charge in [-0.15, -0.1) is 0 Å². The second-order valence-corrected chi connectivity index (χ2v) is 9.41. The van der Waals surface area contributed by atoms with Crippen molar-refractivity contribution < 1.29 is 26.7 Å². The molecule has 2 aromatic rings. The molecule has 6 nitrogen and oxygen atoms in total. The van der Waals surface area contributed by atoms with E-state index < -0.39 is 33.6 Å². The number of sulfonamides is 1. The molecule has 0 spiro atoms.